The highest BCUT2D eigenvalue weighted by Gasteiger charge is 2.53. The molecule has 0 spiro atoms. The zero-order valence-corrected chi connectivity index (χ0v) is 60.6. The van der Waals surface area contributed by atoms with E-state index < -0.39 is 124 Å². The van der Waals surface area contributed by atoms with E-state index in [0.29, 0.717) is 12.8 Å². The third-order valence-corrected chi connectivity index (χ3v) is 19.6. The summed E-state index contributed by atoms with van der Waals surface area (Å²) >= 11 is 0. The lowest BCUT2D eigenvalue weighted by Crippen LogP contribution is -2.66. The van der Waals surface area contributed by atoms with E-state index in [1.54, 1.807) is 6.08 Å². The van der Waals surface area contributed by atoms with E-state index in [1.807, 2.05) is 6.08 Å². The number of aliphatic hydroxyl groups is 11. The smallest absolute Gasteiger partial charge is 0.220 e. The molecule has 17 atom stereocenters. The monoisotopic (exact) mass is 1380 g/mol. The van der Waals surface area contributed by atoms with Crippen LogP contribution in [0.4, 0.5) is 0 Å². The molecule has 568 valence electrons. The van der Waals surface area contributed by atoms with Gasteiger partial charge >= 0.3 is 0 Å². The van der Waals surface area contributed by atoms with Crippen molar-refractivity contribution < 1.29 is 89.4 Å². The number of nitrogens with one attached hydrogen (secondary N) is 1. The lowest BCUT2D eigenvalue weighted by atomic mass is 9.96. The Hall–Kier alpha value is -2.25. The first kappa shape index (κ1) is 89.0. The van der Waals surface area contributed by atoms with Gasteiger partial charge in [-0.2, -0.15) is 0 Å². The summed E-state index contributed by atoms with van der Waals surface area (Å²) in [5.74, 6) is -0.286. The fraction of sp³-hybridized carbons (Fsp3) is 0.885. The number of allylic oxidation sites excluding steroid dienone is 7. The van der Waals surface area contributed by atoms with Gasteiger partial charge in [0.1, 0.15) is 73.2 Å². The second-order valence-electron chi connectivity index (χ2n) is 28.2. The summed E-state index contributed by atoms with van der Waals surface area (Å²) < 4.78 is 34.4. The summed E-state index contributed by atoms with van der Waals surface area (Å²) in [6.45, 7) is 1.75. The van der Waals surface area contributed by atoms with Crippen LogP contribution >= 0.6 is 0 Å². The molecule has 0 bridgehead atoms. The summed E-state index contributed by atoms with van der Waals surface area (Å²) in [5, 5.41) is 121. The largest absolute Gasteiger partial charge is 0.394 e. The minimum Gasteiger partial charge on any atom is -0.394 e. The maximum Gasteiger partial charge on any atom is 0.220 e. The summed E-state index contributed by atoms with van der Waals surface area (Å²) in [5.41, 5.74) is 0. The Balaban J connectivity index is 1.41. The molecule has 19 nitrogen and oxygen atoms in total. The molecule has 0 aromatic carbocycles. The summed E-state index contributed by atoms with van der Waals surface area (Å²) in [4.78, 5) is 13.5. The maximum atomic E-state index is 13.5. The Morgan fingerprint density at radius 1 is 0.361 bits per heavy atom. The minimum absolute atomic E-state index is 0.233. The van der Waals surface area contributed by atoms with Crippen molar-refractivity contribution in [2.24, 2.45) is 0 Å². The number of unbranched alkanes of at least 4 members (excludes halogenated alkanes) is 40. The Kier molecular flexibility index (Phi) is 54.3. The highest BCUT2D eigenvalue weighted by Crippen LogP contribution is 2.33. The van der Waals surface area contributed by atoms with Crippen LogP contribution in [0.25, 0.3) is 0 Å². The Morgan fingerprint density at radius 3 is 1.03 bits per heavy atom. The lowest BCUT2D eigenvalue weighted by molar-refractivity contribution is -0.379. The topological polar surface area (TPSA) is 307 Å². The van der Waals surface area contributed by atoms with Crippen molar-refractivity contribution in [1.29, 1.82) is 0 Å². The molecule has 3 fully saturated rings. The van der Waals surface area contributed by atoms with Crippen molar-refractivity contribution in [2.75, 3.05) is 26.4 Å². The van der Waals surface area contributed by atoms with Gasteiger partial charge in [-0.05, 0) is 70.6 Å². The molecule has 17 unspecified atom stereocenters. The van der Waals surface area contributed by atoms with Gasteiger partial charge in [-0.3, -0.25) is 4.79 Å². The Bertz CT molecular complexity index is 1940. The van der Waals surface area contributed by atoms with E-state index in [2.05, 4.69) is 55.6 Å². The number of ether oxygens (including phenoxy) is 6. The van der Waals surface area contributed by atoms with Gasteiger partial charge in [0, 0.05) is 6.42 Å². The van der Waals surface area contributed by atoms with E-state index in [9.17, 15) is 61.0 Å². The number of hydrogen-bond acceptors (Lipinski definition) is 18. The molecule has 3 aliphatic rings. The fourth-order valence-electron chi connectivity index (χ4n) is 13.2. The van der Waals surface area contributed by atoms with Crippen molar-refractivity contribution in [3.05, 3.63) is 48.6 Å². The molecule has 0 aromatic rings. The second kappa shape index (κ2) is 59.2. The normalized spacial score (nSPS) is 27.1. The van der Waals surface area contributed by atoms with E-state index in [-0.39, 0.29) is 18.9 Å². The van der Waals surface area contributed by atoms with Crippen molar-refractivity contribution in [3.8, 4) is 0 Å². The van der Waals surface area contributed by atoms with Crippen molar-refractivity contribution in [2.45, 2.75) is 413 Å². The SMILES string of the molecule is CCCCCCCCCC/C=C\CCCCCCCCCCCCCCCC(=O)NC(COC1OC(CO)C(OC2OC(CO)C(OC3OC(CO)C(O)C(O)C3O)C(O)C2O)C(O)C1O)C(O)/C=C/CC/C=C/CC/C=C/CCCCCCCCCCCCCCCCCCC. The van der Waals surface area contributed by atoms with Crippen LogP contribution in [0.3, 0.4) is 0 Å². The molecule has 3 rings (SSSR count). The third-order valence-electron chi connectivity index (χ3n) is 19.6. The summed E-state index contributed by atoms with van der Waals surface area (Å²) in [7, 11) is 0. The zero-order chi connectivity index (χ0) is 70.4. The van der Waals surface area contributed by atoms with Crippen LogP contribution in [-0.4, -0.2) is 193 Å². The average molecular weight is 1380 g/mol. The molecule has 19 heteroatoms. The standard InChI is InChI=1S/C78H143NO18/c1-3-5-7-9-11-13-15-17-19-21-23-25-27-29-30-32-33-35-37-39-41-43-45-47-49-51-53-55-62(83)61(79-66(84)56-54-52-50-48-46-44-42-40-38-36-34-31-28-26-24-22-20-18-16-14-12-10-8-6-4-2)60-92-76-72(90)69(87)74(64(58-81)94-76)97-78-73(91)70(88)75(65(59-82)95-78)96-77-71(89)68(86)67(85)63(57-80)93-77/h22,24,37,39,45,47,53,55,61-65,67-78,80-83,85-91H,3-21,23,25-36,38,40-44,46,48-52,54,56-60H2,1-2H3,(H,79,84)/b24-22-,39-37+,47-45+,55-53+. The Morgan fingerprint density at radius 2 is 0.660 bits per heavy atom. The third kappa shape index (κ3) is 39.8. The number of hydrogen-bond donors (Lipinski definition) is 12. The molecule has 0 radical (unpaired) electrons. The van der Waals surface area contributed by atoms with Crippen molar-refractivity contribution in [3.63, 3.8) is 0 Å². The van der Waals surface area contributed by atoms with Crippen LogP contribution in [0.5, 0.6) is 0 Å². The van der Waals surface area contributed by atoms with E-state index in [4.69, 9.17) is 28.4 Å². The lowest BCUT2D eigenvalue weighted by Gasteiger charge is -2.48. The van der Waals surface area contributed by atoms with Crippen LogP contribution in [-0.2, 0) is 33.2 Å². The van der Waals surface area contributed by atoms with E-state index in [1.165, 1.54) is 231 Å². The molecule has 1 amide bonds. The highest BCUT2D eigenvalue weighted by atomic mass is 16.8. The Labute approximate surface area is 586 Å². The van der Waals surface area contributed by atoms with Crippen molar-refractivity contribution in [1.82, 2.24) is 5.32 Å². The summed E-state index contributed by atoms with van der Waals surface area (Å²) in [6.07, 6.45) is 46.7. The average Bonchev–Trinajstić information content (AvgIpc) is 0.797. The molecule has 0 aliphatic carbocycles. The van der Waals surface area contributed by atoms with Gasteiger partial charge in [0.05, 0.1) is 38.6 Å². The fourth-order valence-corrected chi connectivity index (χ4v) is 13.2. The minimum atomic E-state index is -1.98. The number of carbonyl (C=O) groups excluding carboxylic acids is 1. The molecular weight excluding hydrogens is 1240 g/mol. The quantitative estimate of drug-likeness (QED) is 0.0199. The number of carbonyl (C=O) groups is 1. The van der Waals surface area contributed by atoms with E-state index >= 15 is 0 Å². The number of amides is 1. The van der Waals surface area contributed by atoms with E-state index in [0.717, 1.165) is 44.9 Å². The predicted molar refractivity (Wildman–Crippen MR) is 383 cm³/mol. The van der Waals surface area contributed by atoms with Gasteiger partial charge in [-0.25, -0.2) is 0 Å². The first-order valence-electron chi connectivity index (χ1n) is 39.4. The summed E-state index contributed by atoms with van der Waals surface area (Å²) in [6, 6.07) is -0.998. The van der Waals surface area contributed by atoms with Crippen LogP contribution in [0.15, 0.2) is 48.6 Å². The van der Waals surface area contributed by atoms with Crippen LogP contribution in [0.1, 0.15) is 309 Å². The molecule has 12 N–H and O–H groups in total. The van der Waals surface area contributed by atoms with Gasteiger partial charge in [-0.1, -0.05) is 281 Å². The maximum absolute atomic E-state index is 13.5. The van der Waals surface area contributed by atoms with Crippen LogP contribution < -0.4 is 5.32 Å². The molecular formula is C78H143NO18. The second-order valence-corrected chi connectivity index (χ2v) is 28.2. The van der Waals surface area contributed by atoms with Crippen LogP contribution in [0.2, 0.25) is 0 Å². The van der Waals surface area contributed by atoms with Gasteiger partial charge in [0.15, 0.2) is 18.9 Å². The zero-order valence-electron chi connectivity index (χ0n) is 60.6. The van der Waals surface area contributed by atoms with Crippen molar-refractivity contribution >= 4 is 5.91 Å². The first-order valence-corrected chi connectivity index (χ1v) is 39.4. The molecule has 3 heterocycles. The van der Waals surface area contributed by atoms with Gasteiger partial charge < -0.3 is 89.9 Å². The van der Waals surface area contributed by atoms with Gasteiger partial charge in [-0.15, -0.1) is 0 Å². The number of rotatable bonds is 62. The van der Waals surface area contributed by atoms with Crippen LogP contribution in [0, 0.1) is 0 Å². The van der Waals surface area contributed by atoms with Gasteiger partial charge in [0.25, 0.3) is 0 Å². The molecule has 97 heavy (non-hydrogen) atoms. The first-order chi connectivity index (χ1) is 47.3. The highest BCUT2D eigenvalue weighted by molar-refractivity contribution is 5.76. The molecule has 0 saturated carbocycles. The molecule has 3 aliphatic heterocycles. The number of aliphatic hydroxyl groups excluding tert-OH is 11. The molecule has 3 saturated heterocycles. The van der Waals surface area contributed by atoms with Gasteiger partial charge in [0.2, 0.25) is 5.91 Å². The molecule has 0 aromatic heterocycles. The predicted octanol–water partition coefficient (Wildman–Crippen LogP) is 12.5.